The SMILES string of the molecule is O=C(c1ccccc1Cl)N1CCN(c2ccc3[nH]c(=O)[nH]c3c2)CC1. The molecule has 1 aromatic heterocycles. The quantitative estimate of drug-likeness (QED) is 0.741. The Morgan fingerprint density at radius 2 is 1.68 bits per heavy atom. The lowest BCUT2D eigenvalue weighted by atomic mass is 10.1. The van der Waals surface area contributed by atoms with Gasteiger partial charge in [0.1, 0.15) is 0 Å². The highest BCUT2D eigenvalue weighted by Gasteiger charge is 2.23. The van der Waals surface area contributed by atoms with Crippen LogP contribution in [0.4, 0.5) is 5.69 Å². The number of fused-ring (bicyclic) bond motifs is 1. The highest BCUT2D eigenvalue weighted by molar-refractivity contribution is 6.33. The second kappa shape index (κ2) is 6.29. The molecule has 0 atom stereocenters. The highest BCUT2D eigenvalue weighted by Crippen LogP contribution is 2.22. The van der Waals surface area contributed by atoms with E-state index in [-0.39, 0.29) is 11.6 Å². The third-order valence-electron chi connectivity index (χ3n) is 4.54. The second-order valence-electron chi connectivity index (χ2n) is 6.07. The van der Waals surface area contributed by atoms with Gasteiger partial charge in [-0.25, -0.2) is 4.79 Å². The Bertz CT molecular complexity index is 986. The standard InChI is InChI=1S/C18H17ClN4O2/c19-14-4-2-1-3-13(14)17(24)23-9-7-22(8-10-23)12-5-6-15-16(11-12)21-18(25)20-15/h1-6,11H,7-10H2,(H2,20,21,25). The van der Waals surface area contributed by atoms with Gasteiger partial charge in [-0.15, -0.1) is 0 Å². The van der Waals surface area contributed by atoms with Crippen molar-refractivity contribution in [3.05, 3.63) is 63.5 Å². The molecule has 0 aliphatic carbocycles. The summed E-state index contributed by atoms with van der Waals surface area (Å²) in [4.78, 5) is 33.5. The third-order valence-corrected chi connectivity index (χ3v) is 4.87. The normalized spacial score (nSPS) is 14.9. The molecule has 1 aliphatic heterocycles. The predicted octanol–water partition coefficient (Wildman–Crippen LogP) is 2.47. The Hall–Kier alpha value is -2.73. The third kappa shape index (κ3) is 3.00. The Morgan fingerprint density at radius 3 is 2.44 bits per heavy atom. The molecule has 1 aliphatic rings. The van der Waals surface area contributed by atoms with Gasteiger partial charge in [0.05, 0.1) is 21.6 Å². The molecule has 0 bridgehead atoms. The van der Waals surface area contributed by atoms with Gasteiger partial charge in [-0.3, -0.25) is 4.79 Å². The summed E-state index contributed by atoms with van der Waals surface area (Å²) >= 11 is 6.13. The maximum atomic E-state index is 12.6. The average molecular weight is 357 g/mol. The van der Waals surface area contributed by atoms with E-state index in [2.05, 4.69) is 14.9 Å². The summed E-state index contributed by atoms with van der Waals surface area (Å²) in [5.41, 5.74) is 2.96. The molecule has 2 heterocycles. The van der Waals surface area contributed by atoms with Crippen molar-refractivity contribution in [3.63, 3.8) is 0 Å². The van der Waals surface area contributed by atoms with Crippen LogP contribution in [0.15, 0.2) is 47.3 Å². The predicted molar refractivity (Wildman–Crippen MR) is 98.5 cm³/mol. The first kappa shape index (κ1) is 15.8. The molecule has 0 spiro atoms. The number of benzene rings is 2. The van der Waals surface area contributed by atoms with Crippen molar-refractivity contribution in [2.24, 2.45) is 0 Å². The number of carbonyl (C=O) groups is 1. The fraction of sp³-hybridized carbons (Fsp3) is 0.222. The molecule has 7 heteroatoms. The topological polar surface area (TPSA) is 72.2 Å². The number of hydrogen-bond donors (Lipinski definition) is 2. The summed E-state index contributed by atoms with van der Waals surface area (Å²) in [5.74, 6) is -0.0318. The van der Waals surface area contributed by atoms with Gasteiger partial charge in [-0.1, -0.05) is 23.7 Å². The Morgan fingerprint density at radius 1 is 0.960 bits per heavy atom. The zero-order valence-electron chi connectivity index (χ0n) is 13.5. The minimum atomic E-state index is -0.206. The molecule has 6 nitrogen and oxygen atoms in total. The van der Waals surface area contributed by atoms with Crippen LogP contribution in [0.3, 0.4) is 0 Å². The van der Waals surface area contributed by atoms with Gasteiger partial charge < -0.3 is 19.8 Å². The number of nitrogens with one attached hydrogen (secondary N) is 2. The van der Waals surface area contributed by atoms with E-state index in [4.69, 9.17) is 11.6 Å². The number of H-pyrrole nitrogens is 2. The van der Waals surface area contributed by atoms with E-state index in [9.17, 15) is 9.59 Å². The molecule has 25 heavy (non-hydrogen) atoms. The van der Waals surface area contributed by atoms with E-state index >= 15 is 0 Å². The van der Waals surface area contributed by atoms with E-state index in [0.29, 0.717) is 23.7 Å². The van der Waals surface area contributed by atoms with Crippen molar-refractivity contribution in [3.8, 4) is 0 Å². The lowest BCUT2D eigenvalue weighted by Gasteiger charge is -2.36. The number of hydrogen-bond acceptors (Lipinski definition) is 3. The molecular formula is C18H17ClN4O2. The zero-order valence-corrected chi connectivity index (χ0v) is 14.2. The maximum Gasteiger partial charge on any atom is 0.323 e. The lowest BCUT2D eigenvalue weighted by Crippen LogP contribution is -2.48. The van der Waals surface area contributed by atoms with Crippen molar-refractivity contribution in [1.29, 1.82) is 0 Å². The molecule has 0 radical (unpaired) electrons. The molecule has 4 rings (SSSR count). The Kier molecular flexibility index (Phi) is 3.97. The van der Waals surface area contributed by atoms with E-state index in [1.807, 2.05) is 35.2 Å². The van der Waals surface area contributed by atoms with Crippen LogP contribution in [-0.2, 0) is 0 Å². The second-order valence-corrected chi connectivity index (χ2v) is 6.48. The van der Waals surface area contributed by atoms with Gasteiger partial charge in [0.2, 0.25) is 0 Å². The first-order chi connectivity index (χ1) is 12.1. The lowest BCUT2D eigenvalue weighted by molar-refractivity contribution is 0.0747. The van der Waals surface area contributed by atoms with Crippen LogP contribution in [0.25, 0.3) is 11.0 Å². The highest BCUT2D eigenvalue weighted by atomic mass is 35.5. The summed E-state index contributed by atoms with van der Waals surface area (Å²) in [6.45, 7) is 2.73. The molecule has 1 fully saturated rings. The largest absolute Gasteiger partial charge is 0.368 e. The zero-order chi connectivity index (χ0) is 17.4. The summed E-state index contributed by atoms with van der Waals surface area (Å²) in [6, 6.07) is 13.0. The number of anilines is 1. The molecule has 0 saturated carbocycles. The summed E-state index contributed by atoms with van der Waals surface area (Å²) in [5, 5.41) is 0.483. The average Bonchev–Trinajstić information content (AvgIpc) is 3.01. The van der Waals surface area contributed by atoms with Gasteiger partial charge in [0, 0.05) is 31.9 Å². The molecule has 128 valence electrons. The van der Waals surface area contributed by atoms with Crippen molar-refractivity contribution in [2.75, 3.05) is 31.1 Å². The van der Waals surface area contributed by atoms with E-state index in [0.717, 1.165) is 29.8 Å². The molecule has 1 amide bonds. The van der Waals surface area contributed by atoms with E-state index in [1.165, 1.54) is 0 Å². The Balaban J connectivity index is 1.48. The summed E-state index contributed by atoms with van der Waals surface area (Å²) in [7, 11) is 0. The smallest absolute Gasteiger partial charge is 0.323 e. The van der Waals surface area contributed by atoms with Crippen LogP contribution in [0.2, 0.25) is 5.02 Å². The minimum Gasteiger partial charge on any atom is -0.368 e. The molecule has 3 aromatic rings. The molecule has 2 N–H and O–H groups in total. The number of rotatable bonds is 2. The Labute approximate surface area is 149 Å². The number of nitrogens with zero attached hydrogens (tertiary/aromatic N) is 2. The van der Waals surface area contributed by atoms with Crippen molar-refractivity contribution >= 4 is 34.2 Å². The number of piperazine rings is 1. The van der Waals surface area contributed by atoms with E-state index < -0.39 is 0 Å². The first-order valence-electron chi connectivity index (χ1n) is 8.12. The number of imidazole rings is 1. The fourth-order valence-corrected chi connectivity index (χ4v) is 3.41. The molecule has 0 unspecified atom stereocenters. The molecule has 1 saturated heterocycles. The fourth-order valence-electron chi connectivity index (χ4n) is 3.19. The molecular weight excluding hydrogens is 340 g/mol. The van der Waals surface area contributed by atoms with Gasteiger partial charge >= 0.3 is 5.69 Å². The number of amides is 1. The number of carbonyl (C=O) groups excluding carboxylic acids is 1. The van der Waals surface area contributed by atoms with Crippen LogP contribution in [0, 0.1) is 0 Å². The van der Waals surface area contributed by atoms with Crippen molar-refractivity contribution < 1.29 is 4.79 Å². The van der Waals surface area contributed by atoms with Gasteiger partial charge in [-0.2, -0.15) is 0 Å². The van der Waals surface area contributed by atoms with Crippen LogP contribution < -0.4 is 10.6 Å². The first-order valence-corrected chi connectivity index (χ1v) is 8.50. The van der Waals surface area contributed by atoms with Gasteiger partial charge in [0.15, 0.2) is 0 Å². The van der Waals surface area contributed by atoms with Gasteiger partial charge in [-0.05, 0) is 30.3 Å². The summed E-state index contributed by atoms with van der Waals surface area (Å²) in [6.07, 6.45) is 0. The number of aromatic amines is 2. The number of aromatic nitrogens is 2. The summed E-state index contributed by atoms with van der Waals surface area (Å²) < 4.78 is 0. The van der Waals surface area contributed by atoms with Crippen molar-refractivity contribution in [2.45, 2.75) is 0 Å². The van der Waals surface area contributed by atoms with Crippen molar-refractivity contribution in [1.82, 2.24) is 14.9 Å². The van der Waals surface area contributed by atoms with Gasteiger partial charge in [0.25, 0.3) is 5.91 Å². The van der Waals surface area contributed by atoms with Crippen LogP contribution in [0.1, 0.15) is 10.4 Å². The number of halogens is 1. The monoisotopic (exact) mass is 356 g/mol. The minimum absolute atomic E-state index is 0.0318. The van der Waals surface area contributed by atoms with Crippen LogP contribution in [-0.4, -0.2) is 47.0 Å². The van der Waals surface area contributed by atoms with Crippen LogP contribution >= 0.6 is 11.6 Å². The van der Waals surface area contributed by atoms with Crippen LogP contribution in [0.5, 0.6) is 0 Å². The maximum absolute atomic E-state index is 12.6. The molecule has 2 aromatic carbocycles. The van der Waals surface area contributed by atoms with E-state index in [1.54, 1.807) is 12.1 Å².